The second kappa shape index (κ2) is 5.42. The van der Waals surface area contributed by atoms with E-state index in [4.69, 9.17) is 27.9 Å². The van der Waals surface area contributed by atoms with Gasteiger partial charge < -0.3 is 4.74 Å². The molecule has 0 saturated heterocycles. The van der Waals surface area contributed by atoms with Crippen LogP contribution >= 0.6 is 23.2 Å². The van der Waals surface area contributed by atoms with Gasteiger partial charge >= 0.3 is 0 Å². The van der Waals surface area contributed by atoms with Gasteiger partial charge in [-0.15, -0.1) is 0 Å². The van der Waals surface area contributed by atoms with Gasteiger partial charge in [0.15, 0.2) is 5.78 Å². The predicted octanol–water partition coefficient (Wildman–Crippen LogP) is 4.23. The molecule has 0 aliphatic heterocycles. The van der Waals surface area contributed by atoms with E-state index >= 15 is 0 Å². The smallest absolute Gasteiger partial charge is 0.198 e. The van der Waals surface area contributed by atoms with Crippen molar-refractivity contribution in [3.63, 3.8) is 0 Å². The molecule has 0 aliphatic rings. The Morgan fingerprint density at radius 2 is 1.67 bits per heavy atom. The van der Waals surface area contributed by atoms with Crippen molar-refractivity contribution in [1.82, 2.24) is 0 Å². The molecule has 0 fully saturated rings. The summed E-state index contributed by atoms with van der Waals surface area (Å²) in [6.07, 6.45) is 0. The number of benzene rings is 2. The molecule has 0 radical (unpaired) electrons. The average molecular weight is 281 g/mol. The minimum atomic E-state index is -0.208. The molecule has 0 saturated carbocycles. The Hall–Kier alpha value is -1.51. The third-order valence-electron chi connectivity index (χ3n) is 2.55. The Kier molecular flexibility index (Phi) is 3.90. The molecule has 92 valence electrons. The number of ketones is 1. The average Bonchev–Trinajstić information content (AvgIpc) is 2.41. The molecule has 0 heterocycles. The summed E-state index contributed by atoms with van der Waals surface area (Å²) < 4.78 is 5.16. The lowest BCUT2D eigenvalue weighted by Crippen LogP contribution is -2.04. The zero-order chi connectivity index (χ0) is 13.1. The third kappa shape index (κ3) is 2.35. The standard InChI is InChI=1S/C14H10Cl2O2/c1-18-12-8-3-2-5-9(12)14(17)10-6-4-7-11(15)13(10)16/h2-8H,1H3. The number of hydrogen-bond acceptors (Lipinski definition) is 2. The van der Waals surface area contributed by atoms with Gasteiger partial charge in [-0.1, -0.05) is 41.4 Å². The normalized spacial score (nSPS) is 10.2. The van der Waals surface area contributed by atoms with Gasteiger partial charge in [0.2, 0.25) is 0 Å². The van der Waals surface area contributed by atoms with E-state index in [0.717, 1.165) is 0 Å². The van der Waals surface area contributed by atoms with Crippen LogP contribution in [-0.2, 0) is 0 Å². The number of carbonyl (C=O) groups excluding carboxylic acids is 1. The van der Waals surface area contributed by atoms with E-state index in [1.165, 1.54) is 7.11 Å². The first-order valence-electron chi connectivity index (χ1n) is 5.27. The Bertz CT molecular complexity index is 594. The SMILES string of the molecule is COc1ccccc1C(=O)c1cccc(Cl)c1Cl. The van der Waals surface area contributed by atoms with Gasteiger partial charge in [0.1, 0.15) is 5.75 Å². The molecule has 18 heavy (non-hydrogen) atoms. The largest absolute Gasteiger partial charge is 0.496 e. The van der Waals surface area contributed by atoms with E-state index in [0.29, 0.717) is 21.9 Å². The van der Waals surface area contributed by atoms with Crippen LogP contribution in [0.4, 0.5) is 0 Å². The van der Waals surface area contributed by atoms with Gasteiger partial charge in [-0.25, -0.2) is 0 Å². The van der Waals surface area contributed by atoms with Crippen molar-refractivity contribution >= 4 is 29.0 Å². The first-order chi connectivity index (χ1) is 8.65. The molecule has 0 bridgehead atoms. The monoisotopic (exact) mass is 280 g/mol. The van der Waals surface area contributed by atoms with Crippen molar-refractivity contribution in [3.05, 3.63) is 63.6 Å². The second-order valence-corrected chi connectivity index (χ2v) is 4.42. The molecular weight excluding hydrogens is 271 g/mol. The van der Waals surface area contributed by atoms with Gasteiger partial charge in [0, 0.05) is 5.56 Å². The van der Waals surface area contributed by atoms with E-state index in [1.807, 2.05) is 0 Å². The molecule has 2 nitrogen and oxygen atoms in total. The quantitative estimate of drug-likeness (QED) is 0.787. The van der Waals surface area contributed by atoms with E-state index in [1.54, 1.807) is 42.5 Å². The summed E-state index contributed by atoms with van der Waals surface area (Å²) in [5.41, 5.74) is 0.831. The van der Waals surface area contributed by atoms with Crippen LogP contribution in [0.5, 0.6) is 5.75 Å². The van der Waals surface area contributed by atoms with Crippen LogP contribution in [0.2, 0.25) is 10.0 Å². The first kappa shape index (κ1) is 12.9. The molecule has 0 amide bonds. The third-order valence-corrected chi connectivity index (χ3v) is 3.37. The molecule has 2 rings (SSSR count). The fourth-order valence-electron chi connectivity index (χ4n) is 1.66. The fraction of sp³-hybridized carbons (Fsp3) is 0.0714. The minimum Gasteiger partial charge on any atom is -0.496 e. The Morgan fingerprint density at radius 1 is 1.00 bits per heavy atom. The van der Waals surface area contributed by atoms with Crippen molar-refractivity contribution in [1.29, 1.82) is 0 Å². The lowest BCUT2D eigenvalue weighted by atomic mass is 10.0. The molecule has 0 aliphatic carbocycles. The second-order valence-electron chi connectivity index (χ2n) is 3.63. The topological polar surface area (TPSA) is 26.3 Å². The van der Waals surface area contributed by atoms with E-state index in [2.05, 4.69) is 0 Å². The summed E-state index contributed by atoms with van der Waals surface area (Å²) in [7, 11) is 1.52. The zero-order valence-electron chi connectivity index (χ0n) is 9.61. The van der Waals surface area contributed by atoms with Gasteiger partial charge in [-0.05, 0) is 24.3 Å². The van der Waals surface area contributed by atoms with E-state index < -0.39 is 0 Å². The molecule has 0 N–H and O–H groups in total. The molecule has 2 aromatic rings. The summed E-state index contributed by atoms with van der Waals surface area (Å²) in [5, 5.41) is 0.618. The van der Waals surface area contributed by atoms with Crippen LogP contribution in [0.3, 0.4) is 0 Å². The zero-order valence-corrected chi connectivity index (χ0v) is 11.1. The van der Waals surface area contributed by atoms with Gasteiger partial charge in [0.25, 0.3) is 0 Å². The van der Waals surface area contributed by atoms with Crippen LogP contribution < -0.4 is 4.74 Å². The highest BCUT2D eigenvalue weighted by Gasteiger charge is 2.17. The van der Waals surface area contributed by atoms with Crippen molar-refractivity contribution in [2.75, 3.05) is 7.11 Å². The van der Waals surface area contributed by atoms with Crippen LogP contribution in [0.15, 0.2) is 42.5 Å². The van der Waals surface area contributed by atoms with Crippen molar-refractivity contribution in [3.8, 4) is 5.75 Å². The summed E-state index contributed by atoms with van der Waals surface area (Å²) in [6.45, 7) is 0. The maximum absolute atomic E-state index is 12.4. The lowest BCUT2D eigenvalue weighted by molar-refractivity contribution is 0.103. The molecule has 0 atom stereocenters. The van der Waals surface area contributed by atoms with Gasteiger partial charge in [-0.2, -0.15) is 0 Å². The Labute approximate surface area is 115 Å². The highest BCUT2D eigenvalue weighted by molar-refractivity contribution is 6.44. The van der Waals surface area contributed by atoms with Crippen LogP contribution in [0.1, 0.15) is 15.9 Å². The number of halogens is 2. The lowest BCUT2D eigenvalue weighted by Gasteiger charge is -2.08. The molecular formula is C14H10Cl2O2. The Morgan fingerprint density at radius 3 is 2.39 bits per heavy atom. The van der Waals surface area contributed by atoms with Crippen molar-refractivity contribution in [2.24, 2.45) is 0 Å². The number of methoxy groups -OCH3 is 1. The number of rotatable bonds is 3. The van der Waals surface area contributed by atoms with Crippen LogP contribution in [0, 0.1) is 0 Å². The van der Waals surface area contributed by atoms with E-state index in [-0.39, 0.29) is 10.8 Å². The van der Waals surface area contributed by atoms with Crippen LogP contribution in [-0.4, -0.2) is 12.9 Å². The molecule has 4 heteroatoms. The first-order valence-corrected chi connectivity index (χ1v) is 6.02. The highest BCUT2D eigenvalue weighted by atomic mass is 35.5. The maximum Gasteiger partial charge on any atom is 0.198 e. The van der Waals surface area contributed by atoms with Crippen molar-refractivity contribution < 1.29 is 9.53 Å². The molecule has 0 aromatic heterocycles. The summed E-state index contributed by atoms with van der Waals surface area (Å²) in [6, 6.07) is 12.0. The maximum atomic E-state index is 12.4. The summed E-state index contributed by atoms with van der Waals surface area (Å²) >= 11 is 11.9. The van der Waals surface area contributed by atoms with E-state index in [9.17, 15) is 4.79 Å². The van der Waals surface area contributed by atoms with Gasteiger partial charge in [-0.3, -0.25) is 4.79 Å². The van der Waals surface area contributed by atoms with Crippen LogP contribution in [0.25, 0.3) is 0 Å². The summed E-state index contributed by atoms with van der Waals surface area (Å²) in [4.78, 5) is 12.4. The predicted molar refractivity (Wildman–Crippen MR) is 72.9 cm³/mol. The highest BCUT2D eigenvalue weighted by Crippen LogP contribution is 2.29. The Balaban J connectivity index is 2.52. The number of para-hydroxylation sites is 1. The number of hydrogen-bond donors (Lipinski definition) is 0. The number of carbonyl (C=O) groups is 1. The molecule has 0 unspecified atom stereocenters. The molecule has 0 spiro atoms. The van der Waals surface area contributed by atoms with Gasteiger partial charge in [0.05, 0.1) is 22.7 Å². The summed E-state index contributed by atoms with van der Waals surface area (Å²) in [5.74, 6) is 0.304. The van der Waals surface area contributed by atoms with Crippen molar-refractivity contribution in [2.45, 2.75) is 0 Å². The molecule has 2 aromatic carbocycles. The fourth-order valence-corrected chi connectivity index (χ4v) is 2.04. The minimum absolute atomic E-state index is 0.208. The number of ether oxygens (including phenoxy) is 1.